The number of rotatable bonds is 6. The van der Waals surface area contributed by atoms with Crippen LogP contribution in [0.3, 0.4) is 0 Å². The summed E-state index contributed by atoms with van der Waals surface area (Å²) < 4.78 is 13.4. The Kier molecular flexibility index (Phi) is 4.39. The van der Waals surface area contributed by atoms with E-state index in [9.17, 15) is 0 Å². The van der Waals surface area contributed by atoms with Crippen molar-refractivity contribution >= 4 is 10.9 Å². The van der Waals surface area contributed by atoms with E-state index in [4.69, 9.17) is 9.47 Å². The Morgan fingerprint density at radius 1 is 1.11 bits per heavy atom. The van der Waals surface area contributed by atoms with Crippen molar-refractivity contribution in [3.8, 4) is 0 Å². The van der Waals surface area contributed by atoms with Gasteiger partial charge in [0.25, 0.3) is 0 Å². The van der Waals surface area contributed by atoms with Gasteiger partial charge >= 0.3 is 0 Å². The molecule has 0 saturated heterocycles. The van der Waals surface area contributed by atoms with Gasteiger partial charge in [0.1, 0.15) is 0 Å². The third-order valence-electron chi connectivity index (χ3n) is 3.04. The smallest absolute Gasteiger partial charge is 0.175 e. The van der Waals surface area contributed by atoms with Crippen molar-refractivity contribution in [3.05, 3.63) is 36.0 Å². The second-order valence-electron chi connectivity index (χ2n) is 4.32. The molecular weight excluding hydrogens is 226 g/mol. The van der Waals surface area contributed by atoms with E-state index in [1.54, 1.807) is 0 Å². The van der Waals surface area contributed by atoms with Gasteiger partial charge in [-0.2, -0.15) is 0 Å². The predicted molar refractivity (Wildman–Crippen MR) is 73.7 cm³/mol. The van der Waals surface area contributed by atoms with Crippen LogP contribution in [0.5, 0.6) is 0 Å². The first kappa shape index (κ1) is 13.1. The highest BCUT2D eigenvalue weighted by molar-refractivity contribution is 5.83. The lowest BCUT2D eigenvalue weighted by Gasteiger charge is -2.18. The molecule has 2 aromatic rings. The van der Waals surface area contributed by atoms with E-state index in [2.05, 4.69) is 42.0 Å². The lowest BCUT2D eigenvalue weighted by Crippen LogP contribution is -2.23. The van der Waals surface area contributed by atoms with Crippen molar-refractivity contribution in [2.45, 2.75) is 33.6 Å². The maximum Gasteiger partial charge on any atom is 0.175 e. The minimum absolute atomic E-state index is 0.171. The first-order valence-corrected chi connectivity index (χ1v) is 6.54. The van der Waals surface area contributed by atoms with Gasteiger partial charge in [0.15, 0.2) is 6.29 Å². The Morgan fingerprint density at radius 2 is 1.78 bits per heavy atom. The van der Waals surface area contributed by atoms with Gasteiger partial charge in [-0.05, 0) is 32.4 Å². The van der Waals surface area contributed by atoms with E-state index in [1.807, 2.05) is 13.8 Å². The number of aryl methyl sites for hydroxylation is 1. The van der Waals surface area contributed by atoms with Crippen LogP contribution in [0.1, 0.15) is 19.4 Å². The van der Waals surface area contributed by atoms with E-state index >= 15 is 0 Å². The SMILES string of the molecule is CCOC(Cn1cc(C)c2ccccc21)OCC. The largest absolute Gasteiger partial charge is 0.351 e. The molecule has 0 spiro atoms. The normalized spacial score (nSPS) is 11.6. The van der Waals surface area contributed by atoms with Gasteiger partial charge < -0.3 is 14.0 Å². The molecule has 0 saturated carbocycles. The standard InChI is InChI=1S/C15H21NO2/c1-4-17-15(18-5-2)11-16-10-12(3)13-8-6-7-9-14(13)16/h6-10,15H,4-5,11H2,1-3H3. The molecule has 2 rings (SSSR count). The zero-order valence-corrected chi connectivity index (χ0v) is 11.3. The van der Waals surface area contributed by atoms with E-state index in [0.29, 0.717) is 13.2 Å². The average molecular weight is 247 g/mol. The predicted octanol–water partition coefficient (Wildman–Crippen LogP) is 3.35. The summed E-state index contributed by atoms with van der Waals surface area (Å²) in [4.78, 5) is 0. The number of ether oxygens (including phenoxy) is 2. The Labute approximate surface area is 108 Å². The number of aromatic nitrogens is 1. The first-order chi connectivity index (χ1) is 8.76. The Morgan fingerprint density at radius 3 is 2.44 bits per heavy atom. The summed E-state index contributed by atoms with van der Waals surface area (Å²) in [6.45, 7) is 8.19. The molecule has 1 aromatic carbocycles. The molecule has 3 nitrogen and oxygen atoms in total. The number of nitrogens with zero attached hydrogens (tertiary/aromatic N) is 1. The highest BCUT2D eigenvalue weighted by Crippen LogP contribution is 2.21. The van der Waals surface area contributed by atoms with Crippen molar-refractivity contribution in [2.75, 3.05) is 13.2 Å². The molecule has 0 bridgehead atoms. The third-order valence-corrected chi connectivity index (χ3v) is 3.04. The minimum Gasteiger partial charge on any atom is -0.351 e. The van der Waals surface area contributed by atoms with Gasteiger partial charge in [0.2, 0.25) is 0 Å². The summed E-state index contributed by atoms with van der Waals surface area (Å²) >= 11 is 0. The Bertz CT molecular complexity index is 498. The van der Waals surface area contributed by atoms with Gasteiger partial charge in [0.05, 0.1) is 6.54 Å². The third kappa shape index (κ3) is 2.74. The molecule has 0 N–H and O–H groups in total. The minimum atomic E-state index is -0.171. The van der Waals surface area contributed by atoms with Crippen LogP contribution in [0.2, 0.25) is 0 Å². The van der Waals surface area contributed by atoms with Crippen molar-refractivity contribution in [3.63, 3.8) is 0 Å². The van der Waals surface area contributed by atoms with Gasteiger partial charge in [-0.25, -0.2) is 0 Å². The lowest BCUT2D eigenvalue weighted by atomic mass is 10.2. The summed E-state index contributed by atoms with van der Waals surface area (Å²) in [7, 11) is 0. The second kappa shape index (κ2) is 6.03. The molecule has 18 heavy (non-hydrogen) atoms. The van der Waals surface area contributed by atoms with Gasteiger partial charge in [0, 0.05) is 30.3 Å². The Balaban J connectivity index is 2.24. The summed E-state index contributed by atoms with van der Waals surface area (Å²) in [5, 5.41) is 1.30. The highest BCUT2D eigenvalue weighted by Gasteiger charge is 2.11. The molecule has 0 fully saturated rings. The molecule has 0 amide bonds. The summed E-state index contributed by atoms with van der Waals surface area (Å²) in [5.74, 6) is 0. The lowest BCUT2D eigenvalue weighted by molar-refractivity contribution is -0.143. The van der Waals surface area contributed by atoms with Crippen LogP contribution in [0.25, 0.3) is 10.9 Å². The monoisotopic (exact) mass is 247 g/mol. The maximum absolute atomic E-state index is 5.60. The van der Waals surface area contributed by atoms with E-state index in [1.165, 1.54) is 16.5 Å². The van der Waals surface area contributed by atoms with Crippen molar-refractivity contribution < 1.29 is 9.47 Å². The molecule has 0 atom stereocenters. The fourth-order valence-electron chi connectivity index (χ4n) is 2.27. The molecular formula is C15H21NO2. The van der Waals surface area contributed by atoms with E-state index < -0.39 is 0 Å². The summed E-state index contributed by atoms with van der Waals surface area (Å²) in [6, 6.07) is 8.42. The molecule has 3 heteroatoms. The van der Waals surface area contributed by atoms with Crippen LogP contribution in [0.4, 0.5) is 0 Å². The average Bonchev–Trinajstić information content (AvgIpc) is 2.68. The maximum atomic E-state index is 5.60. The van der Waals surface area contributed by atoms with Crippen LogP contribution in [-0.4, -0.2) is 24.1 Å². The zero-order valence-electron chi connectivity index (χ0n) is 11.3. The number of hydrogen-bond donors (Lipinski definition) is 0. The first-order valence-electron chi connectivity index (χ1n) is 6.54. The number of hydrogen-bond acceptors (Lipinski definition) is 2. The molecule has 1 aromatic heterocycles. The molecule has 0 aliphatic carbocycles. The van der Waals surface area contributed by atoms with Crippen LogP contribution in [-0.2, 0) is 16.0 Å². The van der Waals surface area contributed by atoms with Crippen LogP contribution in [0, 0.1) is 6.92 Å². The van der Waals surface area contributed by atoms with E-state index in [-0.39, 0.29) is 6.29 Å². The zero-order chi connectivity index (χ0) is 13.0. The quantitative estimate of drug-likeness (QED) is 0.731. The molecule has 0 radical (unpaired) electrons. The number of benzene rings is 1. The number of para-hydroxylation sites is 1. The molecule has 0 aliphatic rings. The fourth-order valence-corrected chi connectivity index (χ4v) is 2.27. The Hall–Kier alpha value is -1.32. The van der Waals surface area contributed by atoms with Gasteiger partial charge in [-0.3, -0.25) is 0 Å². The van der Waals surface area contributed by atoms with E-state index in [0.717, 1.165) is 6.54 Å². The second-order valence-corrected chi connectivity index (χ2v) is 4.32. The molecule has 0 unspecified atom stereocenters. The van der Waals surface area contributed by atoms with Crippen LogP contribution < -0.4 is 0 Å². The summed E-state index contributed by atoms with van der Waals surface area (Å²) in [5.41, 5.74) is 2.52. The molecule has 0 aliphatic heterocycles. The topological polar surface area (TPSA) is 23.4 Å². The van der Waals surface area contributed by atoms with Crippen LogP contribution >= 0.6 is 0 Å². The summed E-state index contributed by atoms with van der Waals surface area (Å²) in [6.07, 6.45) is 1.99. The van der Waals surface area contributed by atoms with Gasteiger partial charge in [-0.1, -0.05) is 18.2 Å². The van der Waals surface area contributed by atoms with Crippen LogP contribution in [0.15, 0.2) is 30.5 Å². The van der Waals surface area contributed by atoms with Crippen molar-refractivity contribution in [2.24, 2.45) is 0 Å². The van der Waals surface area contributed by atoms with Crippen molar-refractivity contribution in [1.82, 2.24) is 4.57 Å². The molecule has 1 heterocycles. The molecule has 98 valence electrons. The number of fused-ring (bicyclic) bond motifs is 1. The van der Waals surface area contributed by atoms with Crippen molar-refractivity contribution in [1.29, 1.82) is 0 Å². The highest BCUT2D eigenvalue weighted by atomic mass is 16.7. The van der Waals surface area contributed by atoms with Gasteiger partial charge in [-0.15, -0.1) is 0 Å². The fraction of sp³-hybridized carbons (Fsp3) is 0.467.